The number of carbonyl (C=O) groups is 4. The zero-order valence-corrected chi connectivity index (χ0v) is 16.7. The van der Waals surface area contributed by atoms with Crippen LogP contribution in [0, 0.1) is 5.82 Å². The second-order valence-corrected chi connectivity index (χ2v) is 7.64. The Labute approximate surface area is 180 Å². The lowest BCUT2D eigenvalue weighted by Gasteiger charge is -2.41. The van der Waals surface area contributed by atoms with Crippen LogP contribution in [-0.4, -0.2) is 74.0 Å². The molecule has 1 aliphatic carbocycles. The molecule has 11 nitrogen and oxygen atoms in total. The van der Waals surface area contributed by atoms with E-state index >= 15 is 0 Å². The van der Waals surface area contributed by atoms with Gasteiger partial charge in [0, 0.05) is 18.4 Å². The minimum Gasteiger partial charge on any atom is -0.481 e. The summed E-state index contributed by atoms with van der Waals surface area (Å²) in [4.78, 5) is 47.1. The third-order valence-corrected chi connectivity index (χ3v) is 5.15. The molecule has 170 valence electrons. The summed E-state index contributed by atoms with van der Waals surface area (Å²) in [6.45, 7) is 0. The largest absolute Gasteiger partial charge is 0.481 e. The van der Waals surface area contributed by atoms with Crippen LogP contribution in [0.3, 0.4) is 0 Å². The number of rotatable bonds is 7. The van der Waals surface area contributed by atoms with Crippen molar-refractivity contribution in [3.05, 3.63) is 34.6 Å². The van der Waals surface area contributed by atoms with Crippen LogP contribution < -0.4 is 16.4 Å². The maximum absolute atomic E-state index is 13.3. The van der Waals surface area contributed by atoms with Gasteiger partial charge in [-0.25, -0.2) is 4.39 Å². The summed E-state index contributed by atoms with van der Waals surface area (Å²) in [5.74, 6) is -5.40. The van der Waals surface area contributed by atoms with E-state index in [2.05, 4.69) is 5.32 Å². The van der Waals surface area contributed by atoms with Crippen LogP contribution in [0.15, 0.2) is 18.2 Å². The molecule has 0 spiro atoms. The number of hydrogen-bond acceptors (Lipinski definition) is 7. The van der Waals surface area contributed by atoms with E-state index in [0.717, 1.165) is 18.2 Å². The number of benzene rings is 1. The Hall–Kier alpha value is -2.80. The maximum atomic E-state index is 13.3. The van der Waals surface area contributed by atoms with E-state index in [-0.39, 0.29) is 10.6 Å². The molecular weight excluding hydrogens is 441 g/mol. The molecule has 1 fully saturated rings. The van der Waals surface area contributed by atoms with E-state index in [1.807, 2.05) is 5.32 Å². The Bertz CT molecular complexity index is 901. The van der Waals surface area contributed by atoms with Gasteiger partial charge in [0.1, 0.15) is 23.6 Å². The number of halogens is 2. The molecule has 5 atom stereocenters. The highest BCUT2D eigenvalue weighted by molar-refractivity contribution is 6.31. The molecule has 1 aromatic rings. The zero-order chi connectivity index (χ0) is 23.5. The minimum atomic E-state index is -2.37. The number of aliphatic carboxylic acids is 1. The third-order valence-electron chi connectivity index (χ3n) is 4.86. The normalized spacial score (nSPS) is 26.5. The maximum Gasteiger partial charge on any atom is 0.305 e. The van der Waals surface area contributed by atoms with Gasteiger partial charge < -0.3 is 36.8 Å². The molecule has 1 aromatic carbocycles. The molecule has 0 saturated heterocycles. The monoisotopic (exact) mass is 461 g/mol. The van der Waals surface area contributed by atoms with Crippen molar-refractivity contribution in [2.45, 2.75) is 49.2 Å². The first kappa shape index (κ1) is 24.5. The van der Waals surface area contributed by atoms with Crippen LogP contribution in [-0.2, 0) is 14.4 Å². The Kier molecular flexibility index (Phi) is 7.54. The van der Waals surface area contributed by atoms with Gasteiger partial charge in [-0.3, -0.25) is 19.2 Å². The molecule has 3 amide bonds. The summed E-state index contributed by atoms with van der Waals surface area (Å²) < 4.78 is 13.3. The Morgan fingerprint density at radius 1 is 1.26 bits per heavy atom. The average Bonchev–Trinajstić information content (AvgIpc) is 2.66. The highest BCUT2D eigenvalue weighted by Crippen LogP contribution is 2.30. The Morgan fingerprint density at radius 3 is 2.45 bits per heavy atom. The standard InChI is InChI=1S/C18H21ClFN3O8/c19-8-3-7(1-2-9(8)20)16(29)22-11-5-18(31,6-12(24)14(11)27)17(30)23-10(15(21)28)4-13(25)26/h1-3,10-12,14,24,27,31H,4-6H2,(H2,21,28)(H,22,29)(H,23,30)(H,25,26). The van der Waals surface area contributed by atoms with E-state index in [1.54, 1.807) is 0 Å². The first-order valence-corrected chi connectivity index (χ1v) is 9.38. The second kappa shape index (κ2) is 9.56. The smallest absolute Gasteiger partial charge is 0.305 e. The number of carboxylic acids is 1. The van der Waals surface area contributed by atoms with Crippen LogP contribution in [0.5, 0.6) is 0 Å². The molecular formula is C18H21ClFN3O8. The fourth-order valence-corrected chi connectivity index (χ4v) is 3.38. The first-order chi connectivity index (χ1) is 14.3. The summed E-state index contributed by atoms with van der Waals surface area (Å²) in [7, 11) is 0. The summed E-state index contributed by atoms with van der Waals surface area (Å²) in [5.41, 5.74) is 2.60. The fourth-order valence-electron chi connectivity index (χ4n) is 3.20. The molecule has 5 unspecified atom stereocenters. The van der Waals surface area contributed by atoms with Crippen molar-refractivity contribution >= 4 is 35.3 Å². The van der Waals surface area contributed by atoms with Gasteiger partial charge in [0.2, 0.25) is 5.91 Å². The highest BCUT2D eigenvalue weighted by atomic mass is 35.5. The zero-order valence-electron chi connectivity index (χ0n) is 15.9. The van der Waals surface area contributed by atoms with Crippen molar-refractivity contribution in [3.8, 4) is 0 Å². The Balaban J connectivity index is 2.18. The van der Waals surface area contributed by atoms with Crippen molar-refractivity contribution < 1.29 is 44.0 Å². The average molecular weight is 462 g/mol. The summed E-state index contributed by atoms with van der Waals surface area (Å²) in [6.07, 6.45) is -5.31. The van der Waals surface area contributed by atoms with Crippen molar-refractivity contribution in [2.75, 3.05) is 0 Å². The van der Waals surface area contributed by atoms with Crippen LogP contribution >= 0.6 is 11.6 Å². The molecule has 1 saturated carbocycles. The van der Waals surface area contributed by atoms with E-state index in [9.17, 15) is 38.9 Å². The van der Waals surface area contributed by atoms with Crippen molar-refractivity contribution in [1.29, 1.82) is 0 Å². The predicted octanol–water partition coefficient (Wildman–Crippen LogP) is -1.73. The number of aliphatic hydroxyl groups is 3. The van der Waals surface area contributed by atoms with E-state index in [4.69, 9.17) is 22.4 Å². The van der Waals surface area contributed by atoms with E-state index < -0.39 is 78.7 Å². The molecule has 0 bridgehead atoms. The molecule has 13 heteroatoms. The van der Waals surface area contributed by atoms with Gasteiger partial charge in [-0.05, 0) is 18.2 Å². The number of carboxylic acid groups (broad SMARTS) is 1. The molecule has 0 heterocycles. The van der Waals surface area contributed by atoms with Crippen LogP contribution in [0.4, 0.5) is 4.39 Å². The predicted molar refractivity (Wildman–Crippen MR) is 102 cm³/mol. The van der Waals surface area contributed by atoms with Crippen molar-refractivity contribution in [3.63, 3.8) is 0 Å². The summed E-state index contributed by atoms with van der Waals surface area (Å²) in [5, 5.41) is 43.8. The SMILES string of the molecule is NC(=O)C(CC(=O)O)NC(=O)C1(O)CC(O)C(O)C(NC(=O)c2ccc(F)c(Cl)c2)C1. The van der Waals surface area contributed by atoms with Crippen molar-refractivity contribution in [1.82, 2.24) is 10.6 Å². The molecule has 31 heavy (non-hydrogen) atoms. The van der Waals surface area contributed by atoms with Crippen LogP contribution in [0.1, 0.15) is 29.6 Å². The number of carbonyl (C=O) groups excluding carboxylic acids is 3. The van der Waals surface area contributed by atoms with E-state index in [1.165, 1.54) is 0 Å². The number of nitrogens with two attached hydrogens (primary N) is 1. The highest BCUT2D eigenvalue weighted by Gasteiger charge is 2.49. The van der Waals surface area contributed by atoms with Crippen LogP contribution in [0.25, 0.3) is 0 Å². The Morgan fingerprint density at radius 2 is 1.90 bits per heavy atom. The van der Waals surface area contributed by atoms with Gasteiger partial charge in [0.15, 0.2) is 0 Å². The molecule has 2 rings (SSSR count). The fraction of sp³-hybridized carbons (Fsp3) is 0.444. The van der Waals surface area contributed by atoms with Gasteiger partial charge >= 0.3 is 5.97 Å². The lowest BCUT2D eigenvalue weighted by atomic mass is 9.77. The molecule has 0 aliphatic heterocycles. The summed E-state index contributed by atoms with van der Waals surface area (Å²) >= 11 is 5.63. The van der Waals surface area contributed by atoms with Gasteiger partial charge in [0.05, 0.1) is 23.6 Å². The molecule has 0 radical (unpaired) electrons. The topological polar surface area (TPSA) is 199 Å². The first-order valence-electron chi connectivity index (χ1n) is 9.00. The third kappa shape index (κ3) is 5.88. The number of aliphatic hydroxyl groups excluding tert-OH is 2. The number of primary amides is 1. The van der Waals surface area contributed by atoms with Crippen molar-refractivity contribution in [2.24, 2.45) is 5.73 Å². The molecule has 8 N–H and O–H groups in total. The molecule has 1 aliphatic rings. The summed E-state index contributed by atoms with van der Waals surface area (Å²) in [6, 6.07) is 0.124. The lowest BCUT2D eigenvalue weighted by molar-refractivity contribution is -0.159. The van der Waals surface area contributed by atoms with Gasteiger partial charge in [0.25, 0.3) is 11.8 Å². The van der Waals surface area contributed by atoms with Crippen LogP contribution in [0.2, 0.25) is 5.02 Å². The number of amides is 3. The number of nitrogens with one attached hydrogen (secondary N) is 2. The van der Waals surface area contributed by atoms with Gasteiger partial charge in [-0.15, -0.1) is 0 Å². The minimum absolute atomic E-state index is 0.0816. The molecule has 0 aromatic heterocycles. The quantitative estimate of drug-likeness (QED) is 0.248. The second-order valence-electron chi connectivity index (χ2n) is 7.23. The number of hydrogen-bond donors (Lipinski definition) is 7. The van der Waals surface area contributed by atoms with Gasteiger partial charge in [-0.1, -0.05) is 11.6 Å². The lowest BCUT2D eigenvalue weighted by Crippen LogP contribution is -2.64. The van der Waals surface area contributed by atoms with E-state index in [0.29, 0.717) is 0 Å². The van der Waals surface area contributed by atoms with Gasteiger partial charge in [-0.2, -0.15) is 0 Å².